The molecule has 1 fully saturated rings. The van der Waals surface area contributed by atoms with Crippen LogP contribution in [-0.4, -0.2) is 26.0 Å². The van der Waals surface area contributed by atoms with Gasteiger partial charge < -0.3 is 0 Å². The van der Waals surface area contributed by atoms with E-state index in [1.807, 2.05) is 30.3 Å². The highest BCUT2D eigenvalue weighted by Gasteiger charge is 2.31. The number of carbonyl (C=O) groups is 1. The molecule has 5 heteroatoms. The van der Waals surface area contributed by atoms with Crippen LogP contribution in [0, 0.1) is 0 Å². The van der Waals surface area contributed by atoms with Gasteiger partial charge in [-0.2, -0.15) is 0 Å². The summed E-state index contributed by atoms with van der Waals surface area (Å²) < 4.78 is 24.7. The first-order valence-electron chi connectivity index (χ1n) is 5.63. The first kappa shape index (κ1) is 12.3. The third kappa shape index (κ3) is 3.38. The van der Waals surface area contributed by atoms with Gasteiger partial charge in [0.25, 0.3) is 0 Å². The Morgan fingerprint density at radius 3 is 2.59 bits per heavy atom. The predicted molar refractivity (Wildman–Crippen MR) is 65.1 cm³/mol. The highest BCUT2D eigenvalue weighted by molar-refractivity contribution is 7.89. The van der Waals surface area contributed by atoms with Crippen LogP contribution in [0.2, 0.25) is 0 Å². The molecule has 1 aliphatic rings. The normalized spacial score (nSPS) is 22.5. The fraction of sp³-hybridized carbons (Fsp3) is 0.417. The highest BCUT2D eigenvalue weighted by atomic mass is 32.2. The molecule has 0 spiro atoms. The standard InChI is InChI=1S/C12H15NO3S/c14-12(11-8-9-17(15,16)13-11)7-6-10-4-2-1-3-5-10/h1-5,11,13H,6-9H2. The quantitative estimate of drug-likeness (QED) is 0.866. The molecule has 1 aliphatic heterocycles. The van der Waals surface area contributed by atoms with E-state index in [0.717, 1.165) is 5.56 Å². The van der Waals surface area contributed by atoms with E-state index >= 15 is 0 Å². The summed E-state index contributed by atoms with van der Waals surface area (Å²) >= 11 is 0. The molecule has 1 unspecified atom stereocenters. The van der Waals surface area contributed by atoms with Crippen LogP contribution in [0.3, 0.4) is 0 Å². The van der Waals surface area contributed by atoms with Gasteiger partial charge in [0.05, 0.1) is 11.8 Å². The molecule has 1 aromatic rings. The minimum atomic E-state index is -3.19. The molecule has 2 rings (SSSR count). The van der Waals surface area contributed by atoms with Gasteiger partial charge in [0, 0.05) is 6.42 Å². The Hall–Kier alpha value is -1.20. The monoisotopic (exact) mass is 253 g/mol. The van der Waals surface area contributed by atoms with Gasteiger partial charge in [-0.15, -0.1) is 0 Å². The topological polar surface area (TPSA) is 63.2 Å². The maximum Gasteiger partial charge on any atom is 0.212 e. The van der Waals surface area contributed by atoms with Crippen molar-refractivity contribution in [2.45, 2.75) is 25.3 Å². The zero-order chi connectivity index (χ0) is 12.3. The fourth-order valence-electron chi connectivity index (χ4n) is 1.92. The van der Waals surface area contributed by atoms with Gasteiger partial charge in [-0.05, 0) is 18.4 Å². The first-order chi connectivity index (χ1) is 8.07. The number of ketones is 1. The zero-order valence-corrected chi connectivity index (χ0v) is 10.2. The molecular weight excluding hydrogens is 238 g/mol. The van der Waals surface area contributed by atoms with Crippen molar-refractivity contribution in [3.05, 3.63) is 35.9 Å². The summed E-state index contributed by atoms with van der Waals surface area (Å²) in [6, 6.07) is 9.20. The van der Waals surface area contributed by atoms with E-state index in [1.54, 1.807) is 0 Å². The molecule has 1 N–H and O–H groups in total. The van der Waals surface area contributed by atoms with E-state index < -0.39 is 16.1 Å². The molecule has 1 heterocycles. The van der Waals surface area contributed by atoms with Crippen LogP contribution in [-0.2, 0) is 21.2 Å². The van der Waals surface area contributed by atoms with Gasteiger partial charge in [-0.25, -0.2) is 13.1 Å². The molecule has 0 amide bonds. The smallest absolute Gasteiger partial charge is 0.212 e. The molecule has 4 nitrogen and oxygen atoms in total. The summed E-state index contributed by atoms with van der Waals surface area (Å²) in [4.78, 5) is 11.8. The summed E-state index contributed by atoms with van der Waals surface area (Å²) in [7, 11) is -3.19. The lowest BCUT2D eigenvalue weighted by molar-refractivity contribution is -0.120. The fourth-order valence-corrected chi connectivity index (χ4v) is 3.27. The van der Waals surface area contributed by atoms with Crippen molar-refractivity contribution in [2.75, 3.05) is 5.75 Å². The Kier molecular flexibility index (Phi) is 3.59. The number of sulfonamides is 1. The summed E-state index contributed by atoms with van der Waals surface area (Å²) in [5.41, 5.74) is 1.10. The van der Waals surface area contributed by atoms with Gasteiger partial charge >= 0.3 is 0 Å². The number of Topliss-reactive ketones (excluding diaryl/α,β-unsaturated/α-hetero) is 1. The van der Waals surface area contributed by atoms with Crippen LogP contribution in [0.1, 0.15) is 18.4 Å². The van der Waals surface area contributed by atoms with Crippen LogP contribution < -0.4 is 4.72 Å². The molecule has 0 bridgehead atoms. The maximum atomic E-state index is 11.8. The molecule has 1 atom stereocenters. The summed E-state index contributed by atoms with van der Waals surface area (Å²) in [6.45, 7) is 0. The number of rotatable bonds is 4. The molecule has 0 saturated carbocycles. The maximum absolute atomic E-state index is 11.8. The van der Waals surface area contributed by atoms with Crippen LogP contribution >= 0.6 is 0 Å². The van der Waals surface area contributed by atoms with Gasteiger partial charge in [-0.3, -0.25) is 4.79 Å². The molecular formula is C12H15NO3S. The second-order valence-electron chi connectivity index (χ2n) is 4.23. The number of benzene rings is 1. The molecule has 0 aliphatic carbocycles. The molecule has 0 radical (unpaired) electrons. The van der Waals surface area contributed by atoms with Crippen molar-refractivity contribution in [1.29, 1.82) is 0 Å². The van der Waals surface area contributed by atoms with Crippen molar-refractivity contribution in [3.8, 4) is 0 Å². The van der Waals surface area contributed by atoms with Crippen LogP contribution in [0.4, 0.5) is 0 Å². The summed E-state index contributed by atoms with van der Waals surface area (Å²) in [5, 5.41) is 0. The van der Waals surface area contributed by atoms with E-state index in [0.29, 0.717) is 19.3 Å². The lowest BCUT2D eigenvalue weighted by Crippen LogP contribution is -2.33. The first-order valence-corrected chi connectivity index (χ1v) is 7.29. The zero-order valence-electron chi connectivity index (χ0n) is 9.43. The third-order valence-electron chi connectivity index (χ3n) is 2.89. The molecule has 0 aromatic heterocycles. The summed E-state index contributed by atoms with van der Waals surface area (Å²) in [5.74, 6) is 0.0456. The minimum Gasteiger partial charge on any atom is -0.298 e. The Morgan fingerprint density at radius 1 is 1.29 bits per heavy atom. The van der Waals surface area contributed by atoms with Crippen LogP contribution in [0.25, 0.3) is 0 Å². The van der Waals surface area contributed by atoms with Crippen molar-refractivity contribution >= 4 is 15.8 Å². The lowest BCUT2D eigenvalue weighted by Gasteiger charge is -2.07. The molecule has 1 saturated heterocycles. The Balaban J connectivity index is 1.87. The molecule has 1 aromatic carbocycles. The molecule has 92 valence electrons. The summed E-state index contributed by atoms with van der Waals surface area (Å²) in [6.07, 6.45) is 1.45. The van der Waals surface area contributed by atoms with Crippen molar-refractivity contribution in [2.24, 2.45) is 0 Å². The largest absolute Gasteiger partial charge is 0.298 e. The van der Waals surface area contributed by atoms with E-state index in [2.05, 4.69) is 4.72 Å². The number of hydrogen-bond acceptors (Lipinski definition) is 3. The van der Waals surface area contributed by atoms with E-state index in [1.165, 1.54) is 0 Å². The van der Waals surface area contributed by atoms with Gasteiger partial charge in [0.1, 0.15) is 0 Å². The third-order valence-corrected chi connectivity index (χ3v) is 4.31. The highest BCUT2D eigenvalue weighted by Crippen LogP contribution is 2.12. The van der Waals surface area contributed by atoms with Crippen molar-refractivity contribution < 1.29 is 13.2 Å². The Bertz CT molecular complexity index is 496. The predicted octanol–water partition coefficient (Wildman–Crippen LogP) is 0.880. The average Bonchev–Trinajstić information content (AvgIpc) is 2.68. The SMILES string of the molecule is O=C(CCc1ccccc1)C1CCS(=O)(=O)N1. The van der Waals surface area contributed by atoms with Gasteiger partial charge in [-0.1, -0.05) is 30.3 Å². The van der Waals surface area contributed by atoms with Gasteiger partial charge in [0.2, 0.25) is 10.0 Å². The van der Waals surface area contributed by atoms with E-state index in [4.69, 9.17) is 0 Å². The van der Waals surface area contributed by atoms with E-state index in [-0.39, 0.29) is 11.5 Å². The molecule has 17 heavy (non-hydrogen) atoms. The van der Waals surface area contributed by atoms with Crippen LogP contribution in [0.5, 0.6) is 0 Å². The van der Waals surface area contributed by atoms with Crippen molar-refractivity contribution in [3.63, 3.8) is 0 Å². The second-order valence-corrected chi connectivity index (χ2v) is 6.10. The Morgan fingerprint density at radius 2 is 2.00 bits per heavy atom. The van der Waals surface area contributed by atoms with Crippen LogP contribution in [0.15, 0.2) is 30.3 Å². The minimum absolute atomic E-state index is 0.0186. The van der Waals surface area contributed by atoms with Gasteiger partial charge in [0.15, 0.2) is 5.78 Å². The number of hydrogen-bond donors (Lipinski definition) is 1. The number of nitrogens with one attached hydrogen (secondary N) is 1. The lowest BCUT2D eigenvalue weighted by atomic mass is 10.0. The average molecular weight is 253 g/mol. The Labute approximate surface area is 101 Å². The van der Waals surface area contributed by atoms with Crippen molar-refractivity contribution in [1.82, 2.24) is 4.72 Å². The number of aryl methyl sites for hydroxylation is 1. The number of carbonyl (C=O) groups excluding carboxylic acids is 1. The van der Waals surface area contributed by atoms with E-state index in [9.17, 15) is 13.2 Å². The second kappa shape index (κ2) is 4.98.